The van der Waals surface area contributed by atoms with Crippen molar-refractivity contribution in [3.8, 4) is 5.75 Å². The van der Waals surface area contributed by atoms with E-state index in [4.69, 9.17) is 0 Å². The van der Waals surface area contributed by atoms with E-state index in [-0.39, 0.29) is 17.6 Å². The molecule has 2 aromatic carbocycles. The van der Waals surface area contributed by atoms with Crippen molar-refractivity contribution in [2.75, 3.05) is 16.8 Å². The largest absolute Gasteiger partial charge is 0.435 e. The van der Waals surface area contributed by atoms with Crippen LogP contribution in [0.2, 0.25) is 0 Å². The van der Waals surface area contributed by atoms with Gasteiger partial charge >= 0.3 is 6.61 Å². The van der Waals surface area contributed by atoms with Gasteiger partial charge in [0.25, 0.3) is 0 Å². The molecule has 2 aromatic rings. The van der Waals surface area contributed by atoms with E-state index in [1.54, 1.807) is 41.3 Å². The Hall–Kier alpha value is -3.22. The summed E-state index contributed by atoms with van der Waals surface area (Å²) in [6.45, 7) is -2.24. The number of hydrogen-bond acceptors (Lipinski definition) is 3. The molecule has 0 radical (unpaired) electrons. The van der Waals surface area contributed by atoms with Crippen molar-refractivity contribution in [2.45, 2.75) is 19.5 Å². The van der Waals surface area contributed by atoms with Gasteiger partial charge in [0.2, 0.25) is 11.8 Å². The number of carbonyl (C=O) groups is 2. The number of ether oxygens (including phenoxy) is 1. The minimum atomic E-state index is -2.88. The predicted molar refractivity (Wildman–Crippen MR) is 98.8 cm³/mol. The molecular weight excluding hydrogens is 354 g/mol. The quantitative estimate of drug-likeness (QED) is 0.778. The molecule has 1 saturated heterocycles. The number of benzene rings is 2. The van der Waals surface area contributed by atoms with Crippen molar-refractivity contribution in [3.63, 3.8) is 0 Å². The topological polar surface area (TPSA) is 58.6 Å². The Morgan fingerprint density at radius 3 is 2.56 bits per heavy atom. The van der Waals surface area contributed by atoms with E-state index < -0.39 is 6.61 Å². The third-order valence-corrected chi connectivity index (χ3v) is 4.06. The van der Waals surface area contributed by atoms with Crippen molar-refractivity contribution >= 4 is 29.3 Å². The van der Waals surface area contributed by atoms with Gasteiger partial charge in [-0.3, -0.25) is 9.59 Å². The number of nitrogens with zero attached hydrogens (tertiary/aromatic N) is 1. The first-order valence-electron chi connectivity index (χ1n) is 8.46. The number of para-hydroxylation sites is 2. The highest BCUT2D eigenvalue weighted by Crippen LogP contribution is 2.29. The van der Waals surface area contributed by atoms with Gasteiger partial charge in [-0.15, -0.1) is 0 Å². The van der Waals surface area contributed by atoms with E-state index in [0.717, 1.165) is 6.42 Å². The van der Waals surface area contributed by atoms with Crippen LogP contribution in [0.25, 0.3) is 6.08 Å². The SMILES string of the molecule is O=C(/C=C/c1ccc(OC(F)F)cc1)Nc1ccccc1N1CCCC1=O. The van der Waals surface area contributed by atoms with Crippen LogP contribution in [-0.4, -0.2) is 25.0 Å². The van der Waals surface area contributed by atoms with Crippen LogP contribution < -0.4 is 15.0 Å². The molecule has 2 amide bonds. The number of alkyl halides is 2. The summed E-state index contributed by atoms with van der Waals surface area (Å²) in [5.74, 6) is -0.267. The molecule has 7 heteroatoms. The summed E-state index contributed by atoms with van der Waals surface area (Å²) in [5, 5.41) is 2.77. The molecule has 1 fully saturated rings. The fraction of sp³-hybridized carbons (Fsp3) is 0.200. The Labute approximate surface area is 155 Å². The Morgan fingerprint density at radius 2 is 1.89 bits per heavy atom. The minimum Gasteiger partial charge on any atom is -0.435 e. The van der Waals surface area contributed by atoms with Gasteiger partial charge in [0.05, 0.1) is 11.4 Å². The molecule has 0 spiro atoms. The Bertz CT molecular complexity index is 851. The molecule has 0 unspecified atom stereocenters. The highest BCUT2D eigenvalue weighted by atomic mass is 19.3. The van der Waals surface area contributed by atoms with E-state index in [0.29, 0.717) is 29.9 Å². The van der Waals surface area contributed by atoms with Crippen LogP contribution in [0.15, 0.2) is 54.6 Å². The molecule has 5 nitrogen and oxygen atoms in total. The second-order valence-electron chi connectivity index (χ2n) is 5.94. The third kappa shape index (κ3) is 4.91. The number of anilines is 2. The number of halogens is 2. The molecule has 0 aliphatic carbocycles. The zero-order chi connectivity index (χ0) is 19.2. The fourth-order valence-corrected chi connectivity index (χ4v) is 2.82. The third-order valence-electron chi connectivity index (χ3n) is 4.06. The monoisotopic (exact) mass is 372 g/mol. The van der Waals surface area contributed by atoms with Crippen LogP contribution in [0.5, 0.6) is 5.75 Å². The molecule has 0 bridgehead atoms. The number of hydrogen-bond donors (Lipinski definition) is 1. The summed E-state index contributed by atoms with van der Waals surface area (Å²) in [5.41, 5.74) is 1.90. The van der Waals surface area contributed by atoms with Gasteiger partial charge in [-0.25, -0.2) is 0 Å². The second kappa shape index (κ2) is 8.44. The number of nitrogens with one attached hydrogen (secondary N) is 1. The lowest BCUT2D eigenvalue weighted by Gasteiger charge is -2.19. The smallest absolute Gasteiger partial charge is 0.387 e. The molecule has 0 saturated carbocycles. The van der Waals surface area contributed by atoms with E-state index in [1.165, 1.54) is 18.2 Å². The van der Waals surface area contributed by atoms with Crippen LogP contribution in [0.4, 0.5) is 20.2 Å². The Balaban J connectivity index is 1.66. The van der Waals surface area contributed by atoms with Crippen molar-refractivity contribution in [1.82, 2.24) is 0 Å². The number of rotatable bonds is 6. The van der Waals surface area contributed by atoms with Gasteiger partial charge in [-0.2, -0.15) is 8.78 Å². The molecule has 1 aliphatic heterocycles. The maximum atomic E-state index is 12.2. The zero-order valence-electron chi connectivity index (χ0n) is 14.4. The van der Waals surface area contributed by atoms with Crippen LogP contribution in [-0.2, 0) is 9.59 Å². The van der Waals surface area contributed by atoms with Crippen LogP contribution >= 0.6 is 0 Å². The number of amides is 2. The lowest BCUT2D eigenvalue weighted by atomic mass is 10.2. The van der Waals surface area contributed by atoms with Crippen molar-refractivity contribution in [3.05, 3.63) is 60.2 Å². The van der Waals surface area contributed by atoms with Gasteiger partial charge < -0.3 is 15.0 Å². The Morgan fingerprint density at radius 1 is 1.15 bits per heavy atom. The van der Waals surface area contributed by atoms with Gasteiger partial charge in [-0.05, 0) is 42.3 Å². The molecule has 27 heavy (non-hydrogen) atoms. The maximum Gasteiger partial charge on any atom is 0.387 e. The number of carbonyl (C=O) groups excluding carboxylic acids is 2. The fourth-order valence-electron chi connectivity index (χ4n) is 2.82. The lowest BCUT2D eigenvalue weighted by molar-refractivity contribution is -0.117. The van der Waals surface area contributed by atoms with Crippen LogP contribution in [0.3, 0.4) is 0 Å². The molecule has 0 atom stereocenters. The van der Waals surface area contributed by atoms with E-state index in [1.807, 2.05) is 6.07 Å². The van der Waals surface area contributed by atoms with E-state index in [9.17, 15) is 18.4 Å². The Kier molecular flexibility index (Phi) is 5.80. The van der Waals surface area contributed by atoms with Gasteiger partial charge in [-0.1, -0.05) is 24.3 Å². The van der Waals surface area contributed by atoms with Gasteiger partial charge in [0.1, 0.15) is 5.75 Å². The standard InChI is InChI=1S/C20H18F2N2O3/c21-20(22)27-15-10-7-14(8-11-15)9-12-18(25)23-16-4-1-2-5-17(16)24-13-3-6-19(24)26/h1-2,4-5,7-12,20H,3,6,13H2,(H,23,25)/b12-9+. The highest BCUT2D eigenvalue weighted by molar-refractivity contribution is 6.06. The minimum absolute atomic E-state index is 0.0401. The second-order valence-corrected chi connectivity index (χ2v) is 5.94. The summed E-state index contributed by atoms with van der Waals surface area (Å²) >= 11 is 0. The molecule has 0 aromatic heterocycles. The molecule has 140 valence electrons. The van der Waals surface area contributed by atoms with Gasteiger partial charge in [0, 0.05) is 19.0 Å². The zero-order valence-corrected chi connectivity index (χ0v) is 14.4. The molecule has 1 N–H and O–H groups in total. The summed E-state index contributed by atoms with van der Waals surface area (Å²) in [6, 6.07) is 13.1. The van der Waals surface area contributed by atoms with Crippen molar-refractivity contribution < 1.29 is 23.1 Å². The first-order chi connectivity index (χ1) is 13.0. The highest BCUT2D eigenvalue weighted by Gasteiger charge is 2.23. The normalized spacial score (nSPS) is 14.2. The van der Waals surface area contributed by atoms with Crippen LogP contribution in [0.1, 0.15) is 18.4 Å². The lowest BCUT2D eigenvalue weighted by Crippen LogP contribution is -2.25. The average Bonchev–Trinajstić information content (AvgIpc) is 3.07. The maximum absolute atomic E-state index is 12.2. The molecule has 3 rings (SSSR count). The van der Waals surface area contributed by atoms with E-state index >= 15 is 0 Å². The summed E-state index contributed by atoms with van der Waals surface area (Å²) in [6.07, 6.45) is 4.20. The van der Waals surface area contributed by atoms with Crippen molar-refractivity contribution in [2.24, 2.45) is 0 Å². The average molecular weight is 372 g/mol. The molecule has 1 aliphatic rings. The van der Waals surface area contributed by atoms with Gasteiger partial charge in [0.15, 0.2) is 0 Å². The predicted octanol–water partition coefficient (Wildman–Crippen LogP) is 4.07. The van der Waals surface area contributed by atoms with Crippen molar-refractivity contribution in [1.29, 1.82) is 0 Å². The summed E-state index contributed by atoms with van der Waals surface area (Å²) in [7, 11) is 0. The summed E-state index contributed by atoms with van der Waals surface area (Å²) in [4.78, 5) is 25.8. The first-order valence-corrected chi connectivity index (χ1v) is 8.46. The molecular formula is C20H18F2N2O3. The van der Waals surface area contributed by atoms with Crippen LogP contribution in [0, 0.1) is 0 Å². The summed E-state index contributed by atoms with van der Waals surface area (Å²) < 4.78 is 28.5. The first kappa shape index (κ1) is 18.6. The molecule has 1 heterocycles. The van der Waals surface area contributed by atoms with E-state index in [2.05, 4.69) is 10.1 Å².